The van der Waals surface area contributed by atoms with Crippen LogP contribution in [0.2, 0.25) is 5.02 Å². The Morgan fingerprint density at radius 2 is 1.67 bits per heavy atom. The third kappa shape index (κ3) is 4.48. The molecular formula is C16H18ClN3O. The number of halogens is 1. The number of hydrogen-bond acceptors (Lipinski definition) is 3. The fourth-order valence-corrected chi connectivity index (χ4v) is 1.94. The van der Waals surface area contributed by atoms with Gasteiger partial charge in [-0.25, -0.2) is 5.43 Å². The third-order valence-corrected chi connectivity index (χ3v) is 3.31. The van der Waals surface area contributed by atoms with E-state index in [-0.39, 0.29) is 5.91 Å². The predicted molar refractivity (Wildman–Crippen MR) is 86.5 cm³/mol. The molecule has 4 nitrogen and oxygen atoms in total. The van der Waals surface area contributed by atoms with E-state index in [0.29, 0.717) is 17.1 Å². The molecule has 2 aromatic rings. The van der Waals surface area contributed by atoms with Crippen LogP contribution >= 0.6 is 11.6 Å². The Kier molecular flexibility index (Phi) is 5.20. The van der Waals surface area contributed by atoms with Crippen LogP contribution in [0.3, 0.4) is 0 Å². The van der Waals surface area contributed by atoms with Crippen LogP contribution < -0.4 is 15.8 Å². The van der Waals surface area contributed by atoms with Gasteiger partial charge in [-0.15, -0.1) is 0 Å². The number of hydrazine groups is 1. The lowest BCUT2D eigenvalue weighted by Crippen LogP contribution is -2.36. The monoisotopic (exact) mass is 303 g/mol. The summed E-state index contributed by atoms with van der Waals surface area (Å²) in [6.07, 6.45) is 0. The van der Waals surface area contributed by atoms with Gasteiger partial charge in [0, 0.05) is 36.9 Å². The first-order valence-corrected chi connectivity index (χ1v) is 6.99. The second-order valence-corrected chi connectivity index (χ2v) is 5.31. The SMILES string of the molecule is CN(C)c1ccc(CNNC(=O)c2ccc(Cl)cc2)cc1. The second-order valence-electron chi connectivity index (χ2n) is 4.88. The first kappa shape index (κ1) is 15.4. The molecule has 0 aliphatic rings. The predicted octanol–water partition coefficient (Wildman–Crippen LogP) is 2.84. The van der Waals surface area contributed by atoms with Crippen molar-refractivity contribution in [2.75, 3.05) is 19.0 Å². The number of anilines is 1. The summed E-state index contributed by atoms with van der Waals surface area (Å²) in [5.74, 6) is -0.184. The van der Waals surface area contributed by atoms with Gasteiger partial charge in [0.25, 0.3) is 5.91 Å². The average molecular weight is 304 g/mol. The largest absolute Gasteiger partial charge is 0.378 e. The molecule has 0 atom stereocenters. The molecule has 0 saturated carbocycles. The normalized spacial score (nSPS) is 10.2. The number of carbonyl (C=O) groups is 1. The molecule has 2 rings (SSSR count). The Bertz CT molecular complexity index is 594. The molecule has 1 amide bonds. The Labute approximate surface area is 129 Å². The summed E-state index contributed by atoms with van der Waals surface area (Å²) in [7, 11) is 4.00. The van der Waals surface area contributed by atoms with Crippen molar-refractivity contribution in [1.82, 2.24) is 10.9 Å². The maximum atomic E-state index is 11.9. The maximum absolute atomic E-state index is 11.9. The number of nitrogens with zero attached hydrogens (tertiary/aromatic N) is 1. The Balaban J connectivity index is 1.83. The van der Waals surface area contributed by atoms with E-state index in [1.165, 1.54) is 0 Å². The van der Waals surface area contributed by atoms with Crippen molar-refractivity contribution in [3.8, 4) is 0 Å². The molecular weight excluding hydrogens is 286 g/mol. The lowest BCUT2D eigenvalue weighted by molar-refractivity contribution is 0.0932. The Morgan fingerprint density at radius 3 is 2.24 bits per heavy atom. The third-order valence-electron chi connectivity index (χ3n) is 3.05. The van der Waals surface area contributed by atoms with E-state index in [1.807, 2.05) is 43.3 Å². The van der Waals surface area contributed by atoms with Crippen LogP contribution in [0.15, 0.2) is 48.5 Å². The fraction of sp³-hybridized carbons (Fsp3) is 0.188. The maximum Gasteiger partial charge on any atom is 0.265 e. The van der Waals surface area contributed by atoms with Crippen LogP contribution in [0.5, 0.6) is 0 Å². The summed E-state index contributed by atoms with van der Waals surface area (Å²) < 4.78 is 0. The van der Waals surface area contributed by atoms with Gasteiger partial charge >= 0.3 is 0 Å². The number of nitrogens with one attached hydrogen (secondary N) is 2. The summed E-state index contributed by atoms with van der Waals surface area (Å²) in [6.45, 7) is 0.563. The molecule has 0 bridgehead atoms. The molecule has 0 spiro atoms. The van der Waals surface area contributed by atoms with Gasteiger partial charge in [0.2, 0.25) is 0 Å². The molecule has 0 unspecified atom stereocenters. The highest BCUT2D eigenvalue weighted by Crippen LogP contribution is 2.12. The van der Waals surface area contributed by atoms with Crippen LogP contribution in [0, 0.1) is 0 Å². The number of rotatable bonds is 5. The van der Waals surface area contributed by atoms with Gasteiger partial charge in [0.05, 0.1) is 0 Å². The van der Waals surface area contributed by atoms with Crippen LogP contribution in [-0.2, 0) is 6.54 Å². The summed E-state index contributed by atoms with van der Waals surface area (Å²) in [5, 5.41) is 0.612. The zero-order valence-corrected chi connectivity index (χ0v) is 12.8. The first-order valence-electron chi connectivity index (χ1n) is 6.61. The van der Waals surface area contributed by atoms with Gasteiger partial charge < -0.3 is 4.90 Å². The quantitative estimate of drug-likeness (QED) is 0.835. The van der Waals surface area contributed by atoms with Crippen molar-refractivity contribution < 1.29 is 4.79 Å². The van der Waals surface area contributed by atoms with Crippen LogP contribution in [0.25, 0.3) is 0 Å². The van der Waals surface area contributed by atoms with Crippen LogP contribution in [0.1, 0.15) is 15.9 Å². The molecule has 0 aromatic heterocycles. The highest BCUT2D eigenvalue weighted by Gasteiger charge is 2.04. The van der Waals surface area contributed by atoms with Crippen molar-refractivity contribution in [2.24, 2.45) is 0 Å². The highest BCUT2D eigenvalue weighted by atomic mass is 35.5. The number of carbonyl (C=O) groups excluding carboxylic acids is 1. The fourth-order valence-electron chi connectivity index (χ4n) is 1.81. The van der Waals surface area contributed by atoms with Gasteiger partial charge in [-0.1, -0.05) is 23.7 Å². The molecule has 0 radical (unpaired) electrons. The van der Waals surface area contributed by atoms with Gasteiger partial charge in [-0.3, -0.25) is 10.2 Å². The lowest BCUT2D eigenvalue weighted by atomic mass is 10.2. The number of benzene rings is 2. The topological polar surface area (TPSA) is 44.4 Å². The van der Waals surface area contributed by atoms with E-state index < -0.39 is 0 Å². The minimum Gasteiger partial charge on any atom is -0.378 e. The van der Waals surface area contributed by atoms with Crippen molar-refractivity contribution >= 4 is 23.2 Å². The van der Waals surface area contributed by atoms with E-state index in [4.69, 9.17) is 11.6 Å². The van der Waals surface area contributed by atoms with E-state index in [1.54, 1.807) is 24.3 Å². The summed E-state index contributed by atoms with van der Waals surface area (Å²) in [5.41, 5.74) is 8.38. The van der Waals surface area contributed by atoms with Gasteiger partial charge in [0.15, 0.2) is 0 Å². The van der Waals surface area contributed by atoms with Crippen molar-refractivity contribution in [2.45, 2.75) is 6.54 Å². The van der Waals surface area contributed by atoms with Crippen LogP contribution in [-0.4, -0.2) is 20.0 Å². The zero-order chi connectivity index (χ0) is 15.2. The minimum absolute atomic E-state index is 0.184. The van der Waals surface area contributed by atoms with Gasteiger partial charge in [-0.2, -0.15) is 0 Å². The molecule has 0 fully saturated rings. The lowest BCUT2D eigenvalue weighted by Gasteiger charge is -2.13. The zero-order valence-electron chi connectivity index (χ0n) is 12.1. The van der Waals surface area contributed by atoms with E-state index in [9.17, 15) is 4.79 Å². The van der Waals surface area contributed by atoms with E-state index in [2.05, 4.69) is 10.9 Å². The molecule has 2 aromatic carbocycles. The highest BCUT2D eigenvalue weighted by molar-refractivity contribution is 6.30. The van der Waals surface area contributed by atoms with E-state index >= 15 is 0 Å². The molecule has 5 heteroatoms. The number of hydrogen-bond donors (Lipinski definition) is 2. The van der Waals surface area contributed by atoms with Crippen LogP contribution in [0.4, 0.5) is 5.69 Å². The molecule has 2 N–H and O–H groups in total. The Hall–Kier alpha value is -2.04. The van der Waals surface area contributed by atoms with Gasteiger partial charge in [0.1, 0.15) is 0 Å². The summed E-state index contributed by atoms with van der Waals surface area (Å²) in [4.78, 5) is 13.9. The second kappa shape index (κ2) is 7.11. The van der Waals surface area contributed by atoms with Crippen molar-refractivity contribution in [3.05, 3.63) is 64.7 Å². The smallest absolute Gasteiger partial charge is 0.265 e. The number of amides is 1. The first-order chi connectivity index (χ1) is 10.1. The minimum atomic E-state index is -0.184. The molecule has 21 heavy (non-hydrogen) atoms. The summed E-state index contributed by atoms with van der Waals surface area (Å²) >= 11 is 5.78. The molecule has 0 saturated heterocycles. The molecule has 0 heterocycles. The van der Waals surface area contributed by atoms with Gasteiger partial charge in [-0.05, 0) is 42.0 Å². The van der Waals surface area contributed by atoms with Crippen molar-refractivity contribution in [3.63, 3.8) is 0 Å². The molecule has 110 valence electrons. The molecule has 0 aliphatic carbocycles. The van der Waals surface area contributed by atoms with E-state index in [0.717, 1.165) is 11.3 Å². The standard InChI is InChI=1S/C16H18ClN3O/c1-20(2)15-9-3-12(4-10-15)11-18-19-16(21)13-5-7-14(17)8-6-13/h3-10,18H,11H2,1-2H3,(H,19,21). The summed E-state index contributed by atoms with van der Waals surface area (Å²) in [6, 6.07) is 14.9. The Morgan fingerprint density at radius 1 is 1.05 bits per heavy atom. The molecule has 0 aliphatic heterocycles. The average Bonchev–Trinajstić information content (AvgIpc) is 2.48. The van der Waals surface area contributed by atoms with Crippen molar-refractivity contribution in [1.29, 1.82) is 0 Å².